The van der Waals surface area contributed by atoms with E-state index in [2.05, 4.69) is 55.6 Å². The van der Waals surface area contributed by atoms with Gasteiger partial charge in [-0.2, -0.15) is 0 Å². The Morgan fingerprint density at radius 1 is 0.465 bits per heavy atom. The number of aliphatic hydroxyl groups excluding tert-OH is 1. The number of rotatable bonds is 56. The molecule has 0 heterocycles. The number of likely N-dealkylation sites (N-methyl/N-ethyl adjacent to an activating group) is 1. The Balaban J connectivity index is 4.17. The molecule has 8 nitrogen and oxygen atoms in total. The van der Waals surface area contributed by atoms with Crippen LogP contribution < -0.4 is 5.32 Å². The normalized spacial score (nSPS) is 14.2. The summed E-state index contributed by atoms with van der Waals surface area (Å²) < 4.78 is 23.7. The molecule has 418 valence electrons. The van der Waals surface area contributed by atoms with Crippen LogP contribution in [0.5, 0.6) is 0 Å². The van der Waals surface area contributed by atoms with Crippen molar-refractivity contribution in [3.63, 3.8) is 0 Å². The lowest BCUT2D eigenvalue weighted by Crippen LogP contribution is -2.45. The molecule has 0 aliphatic heterocycles. The summed E-state index contributed by atoms with van der Waals surface area (Å²) in [5.74, 6) is -0.187. The number of carbonyl (C=O) groups excluding carboxylic acids is 1. The summed E-state index contributed by atoms with van der Waals surface area (Å²) in [5, 5.41) is 13.9. The first-order valence-corrected chi connectivity index (χ1v) is 32.0. The van der Waals surface area contributed by atoms with Crippen LogP contribution in [0.1, 0.15) is 290 Å². The number of quaternary nitrogens is 1. The van der Waals surface area contributed by atoms with E-state index in [1.54, 1.807) is 6.08 Å². The van der Waals surface area contributed by atoms with Crippen molar-refractivity contribution in [3.8, 4) is 0 Å². The lowest BCUT2D eigenvalue weighted by molar-refractivity contribution is -0.870. The van der Waals surface area contributed by atoms with Crippen LogP contribution in [0.3, 0.4) is 0 Å². The molecule has 0 saturated heterocycles. The number of nitrogens with zero attached hydrogens (tertiary/aromatic N) is 1. The average molecular weight is 1020 g/mol. The number of hydrogen-bond donors (Lipinski definition) is 3. The number of hydrogen-bond acceptors (Lipinski definition) is 5. The van der Waals surface area contributed by atoms with Gasteiger partial charge in [-0.1, -0.05) is 262 Å². The molecule has 0 radical (unpaired) electrons. The highest BCUT2D eigenvalue weighted by Crippen LogP contribution is 2.43. The molecule has 0 fully saturated rings. The SMILES string of the molecule is CCCCCCCCCC/C=C\CCCCCCCCCCCCCCCCCCCC(=O)NC(COP(=O)(O)OCC[N+](C)(C)C)C(O)/C=C/CC/C=C/CC/C=C/CCCCCCCCCCCC. The number of phosphoric acid groups is 1. The Hall–Kier alpha value is -1.54. The second-order valence-corrected chi connectivity index (χ2v) is 23.5. The van der Waals surface area contributed by atoms with Crippen molar-refractivity contribution in [2.75, 3.05) is 40.9 Å². The molecule has 0 aliphatic carbocycles. The molecule has 71 heavy (non-hydrogen) atoms. The van der Waals surface area contributed by atoms with E-state index >= 15 is 0 Å². The predicted octanol–water partition coefficient (Wildman–Crippen LogP) is 18.7. The monoisotopic (exact) mass is 1020 g/mol. The highest BCUT2D eigenvalue weighted by Gasteiger charge is 2.27. The van der Waals surface area contributed by atoms with Crippen LogP contribution in [0.2, 0.25) is 0 Å². The van der Waals surface area contributed by atoms with Crippen LogP contribution in [-0.2, 0) is 18.4 Å². The molecule has 3 N–H and O–H groups in total. The highest BCUT2D eigenvalue weighted by atomic mass is 31.2. The van der Waals surface area contributed by atoms with E-state index in [1.807, 2.05) is 27.2 Å². The van der Waals surface area contributed by atoms with Crippen LogP contribution in [0.25, 0.3) is 0 Å². The van der Waals surface area contributed by atoms with Crippen LogP contribution >= 0.6 is 7.82 Å². The number of unbranched alkanes of at least 4 members (excludes halogenated alkanes) is 37. The maximum absolute atomic E-state index is 13.0. The van der Waals surface area contributed by atoms with E-state index in [0.717, 1.165) is 44.9 Å². The highest BCUT2D eigenvalue weighted by molar-refractivity contribution is 7.47. The second-order valence-electron chi connectivity index (χ2n) is 22.1. The summed E-state index contributed by atoms with van der Waals surface area (Å²) in [6, 6.07) is -0.870. The van der Waals surface area contributed by atoms with Crippen molar-refractivity contribution < 1.29 is 32.9 Å². The first-order chi connectivity index (χ1) is 34.5. The quantitative estimate of drug-likeness (QED) is 0.0243. The van der Waals surface area contributed by atoms with Crippen LogP contribution in [0.4, 0.5) is 0 Å². The number of amides is 1. The Morgan fingerprint density at radius 2 is 0.775 bits per heavy atom. The zero-order valence-corrected chi connectivity index (χ0v) is 48.6. The molecule has 0 saturated carbocycles. The largest absolute Gasteiger partial charge is 0.472 e. The average Bonchev–Trinajstić information content (AvgIpc) is 3.33. The maximum atomic E-state index is 13.0. The number of aliphatic hydroxyl groups is 1. The van der Waals surface area contributed by atoms with Crippen molar-refractivity contribution >= 4 is 13.7 Å². The molecule has 3 atom stereocenters. The first-order valence-electron chi connectivity index (χ1n) is 30.5. The molecule has 0 aromatic heterocycles. The van der Waals surface area contributed by atoms with Crippen molar-refractivity contribution in [3.05, 3.63) is 48.6 Å². The van der Waals surface area contributed by atoms with Gasteiger partial charge in [0.1, 0.15) is 13.2 Å². The number of allylic oxidation sites excluding steroid dienone is 7. The summed E-state index contributed by atoms with van der Waals surface area (Å²) in [6.07, 6.45) is 70.9. The summed E-state index contributed by atoms with van der Waals surface area (Å²) in [5.41, 5.74) is 0. The van der Waals surface area contributed by atoms with E-state index in [4.69, 9.17) is 9.05 Å². The van der Waals surface area contributed by atoms with Crippen LogP contribution in [0.15, 0.2) is 48.6 Å². The fourth-order valence-electron chi connectivity index (χ4n) is 8.95. The Labute approximate surface area is 441 Å². The smallest absolute Gasteiger partial charge is 0.387 e. The molecule has 0 rings (SSSR count). The van der Waals surface area contributed by atoms with E-state index in [-0.39, 0.29) is 19.1 Å². The minimum atomic E-state index is -4.36. The van der Waals surface area contributed by atoms with Gasteiger partial charge in [0.25, 0.3) is 0 Å². The van der Waals surface area contributed by atoms with Gasteiger partial charge in [0.2, 0.25) is 5.91 Å². The fraction of sp³-hybridized carbons (Fsp3) is 0.855. The molecule has 1 amide bonds. The molecular formula is C62H120N2O6P+. The zero-order chi connectivity index (χ0) is 52.0. The Bertz CT molecular complexity index is 1290. The molecule has 0 spiro atoms. The van der Waals surface area contributed by atoms with Gasteiger partial charge in [-0.25, -0.2) is 4.57 Å². The van der Waals surface area contributed by atoms with Gasteiger partial charge in [0.15, 0.2) is 0 Å². The van der Waals surface area contributed by atoms with Crippen molar-refractivity contribution in [1.82, 2.24) is 5.32 Å². The molecule has 0 aromatic carbocycles. The number of nitrogens with one attached hydrogen (secondary N) is 1. The Kier molecular flexibility index (Phi) is 52.1. The molecule has 0 bridgehead atoms. The van der Waals surface area contributed by atoms with Crippen LogP contribution in [-0.4, -0.2) is 73.4 Å². The van der Waals surface area contributed by atoms with Gasteiger partial charge in [0.05, 0.1) is 39.9 Å². The zero-order valence-electron chi connectivity index (χ0n) is 47.7. The third-order valence-electron chi connectivity index (χ3n) is 13.7. The van der Waals surface area contributed by atoms with E-state index in [0.29, 0.717) is 17.4 Å². The van der Waals surface area contributed by atoms with Gasteiger partial charge >= 0.3 is 7.82 Å². The second kappa shape index (κ2) is 53.3. The van der Waals surface area contributed by atoms with E-state index in [9.17, 15) is 19.4 Å². The van der Waals surface area contributed by atoms with Crippen molar-refractivity contribution in [2.24, 2.45) is 0 Å². The molecule has 9 heteroatoms. The summed E-state index contributed by atoms with van der Waals surface area (Å²) in [6.45, 7) is 4.82. The molecule has 0 aromatic rings. The van der Waals surface area contributed by atoms with Gasteiger partial charge in [-0.05, 0) is 70.6 Å². The van der Waals surface area contributed by atoms with Gasteiger partial charge < -0.3 is 19.8 Å². The summed E-state index contributed by atoms with van der Waals surface area (Å²) >= 11 is 0. The molecular weight excluding hydrogens is 900 g/mol. The minimum Gasteiger partial charge on any atom is -0.387 e. The Morgan fingerprint density at radius 3 is 1.13 bits per heavy atom. The van der Waals surface area contributed by atoms with Gasteiger partial charge in [0, 0.05) is 6.42 Å². The number of carbonyl (C=O) groups is 1. The number of phosphoric ester groups is 1. The third-order valence-corrected chi connectivity index (χ3v) is 14.7. The topological polar surface area (TPSA) is 105 Å². The lowest BCUT2D eigenvalue weighted by atomic mass is 10.0. The van der Waals surface area contributed by atoms with Crippen molar-refractivity contribution in [1.29, 1.82) is 0 Å². The lowest BCUT2D eigenvalue weighted by Gasteiger charge is -2.25. The predicted molar refractivity (Wildman–Crippen MR) is 309 cm³/mol. The maximum Gasteiger partial charge on any atom is 0.472 e. The van der Waals surface area contributed by atoms with E-state index < -0.39 is 20.0 Å². The molecule has 0 aliphatic rings. The molecule has 3 unspecified atom stereocenters. The van der Waals surface area contributed by atoms with Gasteiger partial charge in [-0.15, -0.1) is 0 Å². The first kappa shape index (κ1) is 69.5. The van der Waals surface area contributed by atoms with Crippen molar-refractivity contribution in [2.45, 2.75) is 302 Å². The van der Waals surface area contributed by atoms with Gasteiger partial charge in [-0.3, -0.25) is 13.8 Å². The summed E-state index contributed by atoms with van der Waals surface area (Å²) in [4.78, 5) is 23.3. The summed E-state index contributed by atoms with van der Waals surface area (Å²) in [7, 11) is 1.55. The standard InChI is InChI=1S/C62H119N2O6P/c1-6-8-10-12-14-16-18-20-22-24-26-28-29-30-31-32-33-34-35-36-38-40-42-44-46-48-50-52-54-56-62(66)63-60(59-70-71(67,68)69-58-57-64(3,4)5)61(65)55-53-51-49-47-45-43-41-39-37-27-25-23-21-19-17-15-13-11-9-7-2/h24,26,37,39,45,47,53,55,60-61,65H,6-23,25,27-36,38,40-44,46,48-52,54,56-59H2,1-5H3,(H-,63,66,67,68)/p+1/b26-24-,39-37+,47-45+,55-53+. The fourth-order valence-corrected chi connectivity index (χ4v) is 9.69. The van der Waals surface area contributed by atoms with Crippen LogP contribution in [0, 0.1) is 0 Å². The minimum absolute atomic E-state index is 0.0540. The third kappa shape index (κ3) is 56.0. The van der Waals surface area contributed by atoms with E-state index in [1.165, 1.54) is 225 Å².